The molecule has 7 nitrogen and oxygen atoms in total. The summed E-state index contributed by atoms with van der Waals surface area (Å²) in [7, 11) is 0. The molecule has 106 valence electrons. The van der Waals surface area contributed by atoms with Crippen molar-refractivity contribution in [3.8, 4) is 0 Å². The fourth-order valence-electron chi connectivity index (χ4n) is 1.06. The van der Waals surface area contributed by atoms with Crippen LogP contribution in [0.3, 0.4) is 0 Å². The normalized spacial score (nSPS) is 11.7. The van der Waals surface area contributed by atoms with Crippen LogP contribution < -0.4 is 0 Å². The van der Waals surface area contributed by atoms with Gasteiger partial charge in [-0.15, -0.1) is 0 Å². The summed E-state index contributed by atoms with van der Waals surface area (Å²) >= 11 is 0. The monoisotopic (exact) mass is 300 g/mol. The number of hydrogen-bond acceptors (Lipinski definition) is 7. The number of aliphatic hydroxyl groups excluding tert-OH is 6. The summed E-state index contributed by atoms with van der Waals surface area (Å²) in [6, 6.07) is 0. The molecule has 0 aromatic carbocycles. The van der Waals surface area contributed by atoms with E-state index in [-0.39, 0.29) is 72.3 Å². The first-order valence-corrected chi connectivity index (χ1v) is 5.30. The van der Waals surface area contributed by atoms with Crippen molar-refractivity contribution in [2.24, 2.45) is 10.8 Å². The second-order valence-corrected chi connectivity index (χ2v) is 4.44. The summed E-state index contributed by atoms with van der Waals surface area (Å²) in [6.07, 6.45) is 0. The van der Waals surface area contributed by atoms with Gasteiger partial charge in [0.1, 0.15) is 0 Å². The van der Waals surface area contributed by atoms with Crippen LogP contribution in [-0.4, -0.2) is 143 Å². The van der Waals surface area contributed by atoms with Crippen LogP contribution in [0.25, 0.3) is 0 Å². The van der Waals surface area contributed by atoms with Gasteiger partial charge in [0.05, 0.1) is 63.7 Å². The van der Waals surface area contributed by atoms with Gasteiger partial charge in [0, 0.05) is 59.1 Å². The van der Waals surface area contributed by atoms with Crippen molar-refractivity contribution in [3.63, 3.8) is 0 Å². The topological polar surface area (TPSA) is 131 Å². The Balaban J connectivity index is -0.00000128. The summed E-state index contributed by atoms with van der Waals surface area (Å²) in [5.74, 6) is 0. The molecule has 0 amide bonds. The molecule has 0 aliphatic heterocycles. The summed E-state index contributed by atoms with van der Waals surface area (Å²) in [5, 5.41) is 54.2. The Bertz CT molecular complexity index is 162. The summed E-state index contributed by atoms with van der Waals surface area (Å²) in [6.45, 7) is -3.01. The first kappa shape index (κ1) is 25.7. The largest absolute Gasteiger partial charge is 0.396 e. The Hall–Kier alpha value is 1.72. The number of ether oxygens (including phenoxy) is 1. The minimum atomic E-state index is -1.16. The minimum absolute atomic E-state index is 0. The molecule has 0 aliphatic rings. The molecule has 0 spiro atoms. The van der Waals surface area contributed by atoms with E-state index in [1.165, 1.54) is 0 Å². The van der Waals surface area contributed by atoms with Gasteiger partial charge in [0.2, 0.25) is 0 Å². The molecule has 0 aliphatic carbocycles. The maximum absolute atomic E-state index is 9.03. The second kappa shape index (κ2) is 13.4. The average Bonchev–Trinajstić information content (AvgIpc) is 2.41. The van der Waals surface area contributed by atoms with Crippen LogP contribution in [0.15, 0.2) is 0 Å². The van der Waals surface area contributed by atoms with E-state index in [2.05, 4.69) is 0 Å². The molecule has 0 saturated heterocycles. The minimum Gasteiger partial charge on any atom is -0.396 e. The molecule has 0 fully saturated rings. The Morgan fingerprint density at radius 2 is 0.737 bits per heavy atom. The zero-order chi connectivity index (χ0) is 13.4. The van der Waals surface area contributed by atoms with Crippen LogP contribution in [0.5, 0.6) is 0 Å². The number of rotatable bonds is 10. The van der Waals surface area contributed by atoms with Crippen molar-refractivity contribution in [3.05, 3.63) is 0 Å². The van der Waals surface area contributed by atoms with Gasteiger partial charge >= 0.3 is 0 Å². The SMILES string of the molecule is OCC(CO)(CO)COCC(CO)(CO)CO.[Na].[Na]. The molecule has 0 atom stereocenters. The molecule has 0 bridgehead atoms. The van der Waals surface area contributed by atoms with Crippen molar-refractivity contribution in [1.82, 2.24) is 0 Å². The van der Waals surface area contributed by atoms with E-state index in [0.29, 0.717) is 0 Å². The van der Waals surface area contributed by atoms with E-state index in [4.69, 9.17) is 35.4 Å². The van der Waals surface area contributed by atoms with Gasteiger partial charge in [0.25, 0.3) is 0 Å². The summed E-state index contributed by atoms with van der Waals surface area (Å²) < 4.78 is 5.15. The molecule has 2 radical (unpaired) electrons. The third kappa shape index (κ3) is 8.06. The van der Waals surface area contributed by atoms with Crippen LogP contribution in [-0.2, 0) is 4.74 Å². The fraction of sp³-hybridized carbons (Fsp3) is 1.00. The predicted octanol–water partition coefficient (Wildman–Crippen LogP) is -3.83. The average molecular weight is 300 g/mol. The fourth-order valence-corrected chi connectivity index (χ4v) is 1.06. The third-order valence-corrected chi connectivity index (χ3v) is 2.83. The number of hydrogen-bond donors (Lipinski definition) is 6. The molecule has 0 unspecified atom stereocenters. The van der Waals surface area contributed by atoms with Gasteiger partial charge in [-0.3, -0.25) is 0 Å². The van der Waals surface area contributed by atoms with Crippen molar-refractivity contribution < 1.29 is 35.4 Å². The standard InChI is InChI=1S/C10H22O7.2Na/c11-1-9(2-12,3-13)7-17-8-10(4-14,5-15)6-16;;/h11-16H,1-8H2;;. The third-order valence-electron chi connectivity index (χ3n) is 2.83. The van der Waals surface area contributed by atoms with E-state index in [1.54, 1.807) is 0 Å². The van der Waals surface area contributed by atoms with E-state index in [0.717, 1.165) is 0 Å². The Kier molecular flexibility index (Phi) is 18.1. The van der Waals surface area contributed by atoms with Crippen molar-refractivity contribution in [1.29, 1.82) is 0 Å². The molecular formula is C10H22Na2O7. The van der Waals surface area contributed by atoms with Crippen LogP contribution in [0, 0.1) is 10.8 Å². The second-order valence-electron chi connectivity index (χ2n) is 4.44. The van der Waals surface area contributed by atoms with Gasteiger partial charge in [-0.25, -0.2) is 0 Å². The van der Waals surface area contributed by atoms with Crippen LogP contribution in [0.2, 0.25) is 0 Å². The van der Waals surface area contributed by atoms with Crippen LogP contribution in [0.1, 0.15) is 0 Å². The van der Waals surface area contributed by atoms with E-state index < -0.39 is 50.5 Å². The molecular weight excluding hydrogens is 278 g/mol. The zero-order valence-electron chi connectivity index (χ0n) is 11.7. The summed E-state index contributed by atoms with van der Waals surface area (Å²) in [4.78, 5) is 0. The van der Waals surface area contributed by atoms with Gasteiger partial charge < -0.3 is 35.4 Å². The Labute approximate surface area is 157 Å². The molecule has 6 N–H and O–H groups in total. The molecule has 0 aromatic rings. The van der Waals surface area contributed by atoms with E-state index >= 15 is 0 Å². The maximum Gasteiger partial charge on any atom is 0.0629 e. The van der Waals surface area contributed by atoms with Gasteiger partial charge in [-0.05, 0) is 0 Å². The van der Waals surface area contributed by atoms with E-state index in [1.807, 2.05) is 0 Å². The zero-order valence-corrected chi connectivity index (χ0v) is 15.7. The van der Waals surface area contributed by atoms with Gasteiger partial charge in [-0.1, -0.05) is 0 Å². The first-order valence-electron chi connectivity index (χ1n) is 5.30. The van der Waals surface area contributed by atoms with E-state index in [9.17, 15) is 0 Å². The van der Waals surface area contributed by atoms with Crippen LogP contribution >= 0.6 is 0 Å². The van der Waals surface area contributed by atoms with Crippen molar-refractivity contribution >= 4 is 59.1 Å². The summed E-state index contributed by atoms with van der Waals surface area (Å²) in [5.41, 5.74) is -2.32. The predicted molar refractivity (Wildman–Crippen MR) is 69.7 cm³/mol. The van der Waals surface area contributed by atoms with Gasteiger partial charge in [0.15, 0.2) is 0 Å². The molecule has 0 aromatic heterocycles. The smallest absolute Gasteiger partial charge is 0.0629 e. The molecule has 9 heteroatoms. The molecule has 0 saturated carbocycles. The Morgan fingerprint density at radius 1 is 0.526 bits per heavy atom. The van der Waals surface area contributed by atoms with Crippen molar-refractivity contribution in [2.75, 3.05) is 52.9 Å². The van der Waals surface area contributed by atoms with Crippen LogP contribution in [0.4, 0.5) is 0 Å². The molecule has 19 heavy (non-hydrogen) atoms. The number of aliphatic hydroxyl groups is 6. The first-order chi connectivity index (χ1) is 8.07. The molecule has 0 heterocycles. The Morgan fingerprint density at radius 3 is 0.895 bits per heavy atom. The quantitative estimate of drug-likeness (QED) is 0.228. The van der Waals surface area contributed by atoms with Crippen molar-refractivity contribution in [2.45, 2.75) is 0 Å². The van der Waals surface area contributed by atoms with Gasteiger partial charge in [-0.2, -0.15) is 0 Å². The maximum atomic E-state index is 9.03. The molecule has 0 rings (SSSR count).